The van der Waals surface area contributed by atoms with Gasteiger partial charge in [-0.3, -0.25) is 9.69 Å². The summed E-state index contributed by atoms with van der Waals surface area (Å²) in [4.78, 5) is 19.0. The highest BCUT2D eigenvalue weighted by Crippen LogP contribution is 2.45. The summed E-state index contributed by atoms with van der Waals surface area (Å²) in [6.45, 7) is 8.22. The number of benzene rings is 1. The molecular formula is C18H19Cl2N3OS2. The molecule has 2 aliphatic heterocycles. The van der Waals surface area contributed by atoms with Crippen LogP contribution < -0.4 is 9.80 Å². The van der Waals surface area contributed by atoms with Gasteiger partial charge in [0.25, 0.3) is 5.91 Å². The van der Waals surface area contributed by atoms with Gasteiger partial charge in [0.1, 0.15) is 10.1 Å². The zero-order valence-corrected chi connectivity index (χ0v) is 17.9. The van der Waals surface area contributed by atoms with Gasteiger partial charge in [0.2, 0.25) is 0 Å². The van der Waals surface area contributed by atoms with Crippen LogP contribution in [0.25, 0.3) is 0 Å². The van der Waals surface area contributed by atoms with E-state index in [1.807, 2.05) is 31.2 Å². The number of fused-ring (bicyclic) bond motifs is 1. The lowest BCUT2D eigenvalue weighted by atomic mass is 10.2. The molecule has 0 N–H and O–H groups in total. The molecule has 0 aliphatic carbocycles. The predicted octanol–water partition coefficient (Wildman–Crippen LogP) is 5.27. The largest absolute Gasteiger partial charge is 0.326 e. The molecule has 1 amide bonds. The van der Waals surface area contributed by atoms with E-state index in [0.29, 0.717) is 25.8 Å². The van der Waals surface area contributed by atoms with E-state index in [1.165, 1.54) is 11.8 Å². The van der Waals surface area contributed by atoms with Crippen molar-refractivity contribution in [2.24, 2.45) is 0 Å². The average Bonchev–Trinajstić information content (AvgIpc) is 3.05. The molecule has 0 aromatic heterocycles. The van der Waals surface area contributed by atoms with Gasteiger partial charge < -0.3 is 9.80 Å². The van der Waals surface area contributed by atoms with Crippen LogP contribution in [0.5, 0.6) is 0 Å². The SMILES string of the molecule is CCN1C(=O)/C(=C/C=C2N(CC)c3cc(Cl)c(Cl)cc3N2CC)SC1=S. The van der Waals surface area contributed by atoms with Crippen LogP contribution in [0.15, 0.2) is 35.0 Å². The minimum Gasteiger partial charge on any atom is -0.326 e. The van der Waals surface area contributed by atoms with Crippen molar-refractivity contribution in [1.82, 2.24) is 4.90 Å². The van der Waals surface area contributed by atoms with Crippen LogP contribution in [0.2, 0.25) is 10.0 Å². The molecular weight excluding hydrogens is 409 g/mol. The van der Waals surface area contributed by atoms with E-state index in [2.05, 4.69) is 23.6 Å². The fraction of sp³-hybridized carbons (Fsp3) is 0.333. The first-order valence-corrected chi connectivity index (χ1v) is 10.4. The quantitative estimate of drug-likeness (QED) is 0.481. The Labute approximate surface area is 173 Å². The number of halogens is 2. The molecule has 26 heavy (non-hydrogen) atoms. The Morgan fingerprint density at radius 1 is 0.962 bits per heavy atom. The minimum atomic E-state index is -0.0351. The molecule has 1 fully saturated rings. The van der Waals surface area contributed by atoms with Crippen molar-refractivity contribution in [1.29, 1.82) is 0 Å². The number of hydrogen-bond donors (Lipinski definition) is 0. The molecule has 1 aromatic carbocycles. The highest BCUT2D eigenvalue weighted by Gasteiger charge is 2.32. The number of rotatable bonds is 4. The standard InChI is InChI=1S/C18H19Cl2N3OS2/c1-4-21-13-9-11(19)12(20)10-14(13)22(5-2)16(21)8-7-15-17(24)23(6-3)18(25)26-15/h7-10H,4-6H2,1-3H3/b15-7-. The van der Waals surface area contributed by atoms with Gasteiger partial charge in [-0.2, -0.15) is 0 Å². The lowest BCUT2D eigenvalue weighted by Gasteiger charge is -2.23. The van der Waals surface area contributed by atoms with Crippen molar-refractivity contribution >= 4 is 68.8 Å². The van der Waals surface area contributed by atoms with Crippen LogP contribution in [0.1, 0.15) is 20.8 Å². The summed E-state index contributed by atoms with van der Waals surface area (Å²) in [5.41, 5.74) is 2.04. The fourth-order valence-electron chi connectivity index (χ4n) is 3.13. The third kappa shape index (κ3) is 3.24. The lowest BCUT2D eigenvalue weighted by molar-refractivity contribution is -0.122. The molecule has 8 heteroatoms. The smallest absolute Gasteiger partial charge is 0.266 e. The van der Waals surface area contributed by atoms with Gasteiger partial charge in [-0.25, -0.2) is 0 Å². The van der Waals surface area contributed by atoms with Crippen molar-refractivity contribution in [2.45, 2.75) is 20.8 Å². The normalized spacial score (nSPS) is 18.4. The number of thiocarbonyl (C=S) groups is 1. The summed E-state index contributed by atoms with van der Waals surface area (Å²) < 4.78 is 0.607. The predicted molar refractivity (Wildman–Crippen MR) is 116 cm³/mol. The van der Waals surface area contributed by atoms with E-state index in [0.717, 1.165) is 30.3 Å². The molecule has 0 unspecified atom stereocenters. The van der Waals surface area contributed by atoms with Gasteiger partial charge in [-0.1, -0.05) is 47.2 Å². The maximum atomic E-state index is 12.4. The third-order valence-electron chi connectivity index (χ3n) is 4.36. The van der Waals surface area contributed by atoms with Gasteiger partial charge >= 0.3 is 0 Å². The van der Waals surface area contributed by atoms with E-state index < -0.39 is 0 Å². The Balaban J connectivity index is 2.01. The maximum absolute atomic E-state index is 12.4. The molecule has 0 bridgehead atoms. The number of amides is 1. The van der Waals surface area contributed by atoms with Crippen LogP contribution in [0.4, 0.5) is 11.4 Å². The van der Waals surface area contributed by atoms with Crippen molar-refractivity contribution < 1.29 is 4.79 Å². The Morgan fingerprint density at radius 3 is 1.88 bits per heavy atom. The number of thioether (sulfide) groups is 1. The molecule has 0 radical (unpaired) electrons. The maximum Gasteiger partial charge on any atom is 0.266 e. The van der Waals surface area contributed by atoms with Gasteiger partial charge in [0.15, 0.2) is 0 Å². The second-order valence-electron chi connectivity index (χ2n) is 5.72. The van der Waals surface area contributed by atoms with Crippen LogP contribution in [0.3, 0.4) is 0 Å². The first kappa shape index (κ1) is 19.5. The number of hydrogen-bond acceptors (Lipinski definition) is 5. The Bertz CT molecular complexity index is 799. The number of carbonyl (C=O) groups is 1. The van der Waals surface area contributed by atoms with Crippen molar-refractivity contribution in [2.75, 3.05) is 29.4 Å². The summed E-state index contributed by atoms with van der Waals surface area (Å²) in [5, 5.41) is 1.06. The minimum absolute atomic E-state index is 0.0351. The molecule has 1 saturated heterocycles. The van der Waals surface area contributed by atoms with E-state index in [-0.39, 0.29) is 5.91 Å². The number of likely N-dealkylation sites (N-methyl/N-ethyl adjacent to an activating group) is 1. The molecule has 1 aromatic rings. The summed E-state index contributed by atoms with van der Waals surface area (Å²) in [5.74, 6) is 0.956. The van der Waals surface area contributed by atoms with E-state index >= 15 is 0 Å². The van der Waals surface area contributed by atoms with Gasteiger partial charge in [0, 0.05) is 19.6 Å². The van der Waals surface area contributed by atoms with Crippen molar-refractivity contribution in [3.63, 3.8) is 0 Å². The zero-order valence-electron chi connectivity index (χ0n) is 14.8. The van der Waals surface area contributed by atoms with Gasteiger partial charge in [0.05, 0.1) is 26.3 Å². The Hall–Kier alpha value is -1.21. The number of nitrogens with zero attached hydrogens (tertiary/aromatic N) is 3. The molecule has 138 valence electrons. The monoisotopic (exact) mass is 427 g/mol. The number of carbonyl (C=O) groups excluding carboxylic acids is 1. The molecule has 2 aliphatic rings. The highest BCUT2D eigenvalue weighted by atomic mass is 35.5. The van der Waals surface area contributed by atoms with Crippen molar-refractivity contribution in [3.8, 4) is 0 Å². The zero-order chi connectivity index (χ0) is 19.0. The van der Waals surface area contributed by atoms with Crippen molar-refractivity contribution in [3.05, 3.63) is 45.1 Å². The van der Waals surface area contributed by atoms with Crippen LogP contribution in [0, 0.1) is 0 Å². The van der Waals surface area contributed by atoms with E-state index in [9.17, 15) is 4.79 Å². The van der Waals surface area contributed by atoms with E-state index in [1.54, 1.807) is 4.90 Å². The molecule has 2 heterocycles. The number of allylic oxidation sites excluding steroid dienone is 2. The first-order chi connectivity index (χ1) is 12.4. The summed E-state index contributed by atoms with van der Waals surface area (Å²) in [6.07, 6.45) is 3.82. The molecule has 3 rings (SSSR count). The first-order valence-electron chi connectivity index (χ1n) is 8.42. The Kier molecular flexibility index (Phi) is 5.87. The van der Waals surface area contributed by atoms with Crippen LogP contribution in [-0.4, -0.2) is 34.8 Å². The second kappa shape index (κ2) is 7.80. The molecule has 0 saturated carbocycles. The topological polar surface area (TPSA) is 26.8 Å². The summed E-state index contributed by atoms with van der Waals surface area (Å²) in [7, 11) is 0. The molecule has 0 spiro atoms. The molecule has 4 nitrogen and oxygen atoms in total. The van der Waals surface area contributed by atoms with Gasteiger partial charge in [-0.05, 0) is 45.1 Å². The Morgan fingerprint density at radius 2 is 1.46 bits per heavy atom. The average molecular weight is 428 g/mol. The number of anilines is 2. The summed E-state index contributed by atoms with van der Waals surface area (Å²) in [6, 6.07) is 3.78. The van der Waals surface area contributed by atoms with Gasteiger partial charge in [-0.15, -0.1) is 0 Å². The van der Waals surface area contributed by atoms with Crippen LogP contribution in [-0.2, 0) is 4.79 Å². The molecule has 0 atom stereocenters. The fourth-order valence-corrected chi connectivity index (χ4v) is 4.77. The second-order valence-corrected chi connectivity index (χ2v) is 8.21. The summed E-state index contributed by atoms with van der Waals surface area (Å²) >= 11 is 19.1. The lowest BCUT2D eigenvalue weighted by Crippen LogP contribution is -2.28. The highest BCUT2D eigenvalue weighted by molar-refractivity contribution is 8.26. The van der Waals surface area contributed by atoms with E-state index in [4.69, 9.17) is 35.4 Å². The van der Waals surface area contributed by atoms with Crippen LogP contribution >= 0.6 is 47.2 Å². The third-order valence-corrected chi connectivity index (χ3v) is 6.48.